The van der Waals surface area contributed by atoms with Crippen LogP contribution in [0, 0.1) is 0 Å². The van der Waals surface area contributed by atoms with Gasteiger partial charge in [0, 0.05) is 22.2 Å². The number of hydrogen-bond acceptors (Lipinski definition) is 2. The molecule has 1 aromatic heterocycles. The predicted molar refractivity (Wildman–Crippen MR) is 263 cm³/mol. The van der Waals surface area contributed by atoms with Crippen LogP contribution < -0.4 is 4.90 Å². The molecule has 0 bridgehead atoms. The summed E-state index contributed by atoms with van der Waals surface area (Å²) >= 11 is 0. The third-order valence-electron chi connectivity index (χ3n) is 12.5. The van der Waals surface area contributed by atoms with Gasteiger partial charge in [0.1, 0.15) is 11.2 Å². The molecule has 0 amide bonds. The van der Waals surface area contributed by atoms with Crippen LogP contribution in [0.3, 0.4) is 0 Å². The monoisotopic (exact) mass is 789 g/mol. The van der Waals surface area contributed by atoms with Crippen molar-refractivity contribution >= 4 is 71.3 Å². The van der Waals surface area contributed by atoms with E-state index in [0.717, 1.165) is 55.7 Å². The highest BCUT2D eigenvalue weighted by Gasteiger charge is 2.25. The first-order valence-corrected chi connectivity index (χ1v) is 21.3. The van der Waals surface area contributed by atoms with Crippen molar-refractivity contribution in [3.05, 3.63) is 237 Å². The molecule has 0 aliphatic carbocycles. The van der Waals surface area contributed by atoms with Crippen LogP contribution in [-0.4, -0.2) is 0 Å². The van der Waals surface area contributed by atoms with Crippen molar-refractivity contribution in [2.24, 2.45) is 0 Å². The zero-order valence-electron chi connectivity index (χ0n) is 33.9. The van der Waals surface area contributed by atoms with Gasteiger partial charge in [-0.1, -0.05) is 194 Å². The Morgan fingerprint density at radius 2 is 0.871 bits per heavy atom. The Morgan fingerprint density at radius 3 is 1.69 bits per heavy atom. The highest BCUT2D eigenvalue weighted by Crippen LogP contribution is 2.50. The topological polar surface area (TPSA) is 16.4 Å². The number of nitrogens with zero attached hydrogens (tertiary/aromatic N) is 1. The van der Waals surface area contributed by atoms with E-state index in [1.165, 1.54) is 60.1 Å². The number of furan rings is 1. The van der Waals surface area contributed by atoms with E-state index in [-0.39, 0.29) is 0 Å². The summed E-state index contributed by atoms with van der Waals surface area (Å²) in [4.78, 5) is 2.44. The maximum Gasteiger partial charge on any atom is 0.145 e. The van der Waals surface area contributed by atoms with Crippen molar-refractivity contribution in [2.75, 3.05) is 4.90 Å². The van der Waals surface area contributed by atoms with Crippen LogP contribution in [0.4, 0.5) is 17.1 Å². The molecule has 1 heterocycles. The van der Waals surface area contributed by atoms with Crippen molar-refractivity contribution in [1.82, 2.24) is 0 Å². The fourth-order valence-corrected chi connectivity index (χ4v) is 9.64. The van der Waals surface area contributed by atoms with Crippen LogP contribution in [0.25, 0.3) is 98.8 Å². The van der Waals surface area contributed by atoms with Gasteiger partial charge < -0.3 is 9.32 Å². The summed E-state index contributed by atoms with van der Waals surface area (Å²) in [5, 5.41) is 9.55. The lowest BCUT2D eigenvalue weighted by atomic mass is 9.92. The number of hydrogen-bond donors (Lipinski definition) is 0. The summed E-state index contributed by atoms with van der Waals surface area (Å²) < 4.78 is 6.97. The second-order valence-corrected chi connectivity index (χ2v) is 16.0. The molecule has 0 spiro atoms. The molecule has 2 heteroatoms. The molecule has 290 valence electrons. The van der Waals surface area contributed by atoms with Gasteiger partial charge in [0.15, 0.2) is 0 Å². The molecule has 0 aliphatic rings. The Hall–Kier alpha value is -8.20. The van der Waals surface area contributed by atoms with Crippen LogP contribution in [0.1, 0.15) is 0 Å². The number of para-hydroxylation sites is 2. The largest absolute Gasteiger partial charge is 0.455 e. The van der Waals surface area contributed by atoms with Gasteiger partial charge in [0.25, 0.3) is 0 Å². The first kappa shape index (κ1) is 35.7. The van der Waals surface area contributed by atoms with Crippen molar-refractivity contribution < 1.29 is 4.42 Å². The normalized spacial score (nSPS) is 11.5. The zero-order chi connectivity index (χ0) is 41.0. The van der Waals surface area contributed by atoms with Gasteiger partial charge >= 0.3 is 0 Å². The molecule has 0 aliphatic heterocycles. The van der Waals surface area contributed by atoms with Crippen molar-refractivity contribution in [1.29, 1.82) is 0 Å². The molecule has 0 N–H and O–H groups in total. The van der Waals surface area contributed by atoms with Gasteiger partial charge in [0.2, 0.25) is 0 Å². The van der Waals surface area contributed by atoms with E-state index in [9.17, 15) is 0 Å². The second-order valence-electron chi connectivity index (χ2n) is 16.0. The lowest BCUT2D eigenvalue weighted by Crippen LogP contribution is -2.12. The summed E-state index contributed by atoms with van der Waals surface area (Å²) in [6, 6.07) is 85.4. The highest BCUT2D eigenvalue weighted by atomic mass is 16.3. The summed E-state index contributed by atoms with van der Waals surface area (Å²) in [7, 11) is 0. The number of anilines is 3. The minimum atomic E-state index is 0.859. The van der Waals surface area contributed by atoms with Gasteiger partial charge in [-0.2, -0.15) is 0 Å². The molecule has 0 saturated carbocycles. The smallest absolute Gasteiger partial charge is 0.145 e. The molecule has 0 atom stereocenters. The Bertz CT molecular complexity index is 3630. The van der Waals surface area contributed by atoms with Crippen LogP contribution in [0.2, 0.25) is 0 Å². The van der Waals surface area contributed by atoms with E-state index in [1.807, 2.05) is 0 Å². The van der Waals surface area contributed by atoms with Crippen molar-refractivity contribution in [3.63, 3.8) is 0 Å². The van der Waals surface area contributed by atoms with Crippen LogP contribution in [0.15, 0.2) is 241 Å². The lowest BCUT2D eigenvalue weighted by molar-refractivity contribution is 0.670. The number of fused-ring (bicyclic) bond motifs is 7. The molecular weight excluding hydrogens is 751 g/mol. The third-order valence-corrected chi connectivity index (χ3v) is 12.5. The van der Waals surface area contributed by atoms with E-state index in [0.29, 0.717) is 0 Å². The van der Waals surface area contributed by atoms with Gasteiger partial charge in [0.05, 0.1) is 16.8 Å². The Balaban J connectivity index is 1.12. The quantitative estimate of drug-likeness (QED) is 0.150. The van der Waals surface area contributed by atoms with E-state index >= 15 is 0 Å². The van der Waals surface area contributed by atoms with Gasteiger partial charge in [-0.05, 0) is 108 Å². The minimum absolute atomic E-state index is 0.859. The van der Waals surface area contributed by atoms with E-state index in [2.05, 4.69) is 241 Å². The number of benzene rings is 11. The Kier molecular flexibility index (Phi) is 8.53. The maximum absolute atomic E-state index is 6.97. The first-order chi connectivity index (χ1) is 30.8. The average Bonchev–Trinajstić information content (AvgIpc) is 3.75. The second kappa shape index (κ2) is 14.8. The van der Waals surface area contributed by atoms with E-state index in [1.54, 1.807) is 0 Å². The highest BCUT2D eigenvalue weighted by molar-refractivity contribution is 6.19. The molecule has 62 heavy (non-hydrogen) atoms. The van der Waals surface area contributed by atoms with Crippen molar-refractivity contribution in [3.8, 4) is 44.5 Å². The summed E-state index contributed by atoms with van der Waals surface area (Å²) in [5.41, 5.74) is 14.2. The SMILES string of the molecule is c1ccc(-c2ccccc2-c2ccccc2N(c2ccc(-c3cc4ccccc4c4ccccc34)cc2)c2ccc(-c3cccc4ccccc34)c3oc4ccccc4c23)cc1. The summed E-state index contributed by atoms with van der Waals surface area (Å²) in [6.07, 6.45) is 0. The molecule has 0 unspecified atom stereocenters. The molecule has 12 rings (SSSR count). The molecule has 11 aromatic carbocycles. The Morgan fingerprint density at radius 1 is 0.290 bits per heavy atom. The van der Waals surface area contributed by atoms with Gasteiger partial charge in [-0.15, -0.1) is 0 Å². The van der Waals surface area contributed by atoms with Crippen LogP contribution in [-0.2, 0) is 0 Å². The predicted octanol–water partition coefficient (Wildman–Crippen LogP) is 17.2. The van der Waals surface area contributed by atoms with E-state index < -0.39 is 0 Å². The molecule has 0 radical (unpaired) electrons. The van der Waals surface area contributed by atoms with Crippen molar-refractivity contribution in [2.45, 2.75) is 0 Å². The molecule has 0 saturated heterocycles. The maximum atomic E-state index is 6.97. The van der Waals surface area contributed by atoms with Crippen LogP contribution in [0.5, 0.6) is 0 Å². The minimum Gasteiger partial charge on any atom is -0.455 e. The number of rotatable bonds is 7. The average molecular weight is 790 g/mol. The first-order valence-electron chi connectivity index (χ1n) is 21.3. The van der Waals surface area contributed by atoms with E-state index in [4.69, 9.17) is 4.42 Å². The fraction of sp³-hybridized carbons (Fsp3) is 0. The zero-order valence-corrected chi connectivity index (χ0v) is 33.9. The molecular formula is C60H39NO. The van der Waals surface area contributed by atoms with Gasteiger partial charge in [-0.25, -0.2) is 0 Å². The Labute approximate surface area is 360 Å². The molecule has 2 nitrogen and oxygen atoms in total. The standard InChI is InChI=1S/C60H39NO/c1-2-17-40(18-3-1)45-23-8-9-26-49(45)52-28-12-14-31-56(52)61(44-35-33-42(34-36-44)55-39-43-20-5-7-24-47(43)48-25-10-11-27-51(48)55)57-38-37-53(50-30-16-21-41-19-4-6-22-46(41)50)60-59(57)54-29-13-15-32-58(54)62-60/h1-39H. The summed E-state index contributed by atoms with van der Waals surface area (Å²) in [6.45, 7) is 0. The summed E-state index contributed by atoms with van der Waals surface area (Å²) in [5.74, 6) is 0. The van der Waals surface area contributed by atoms with Crippen LogP contribution >= 0.6 is 0 Å². The third kappa shape index (κ3) is 5.88. The molecule has 0 fully saturated rings. The van der Waals surface area contributed by atoms with Gasteiger partial charge in [-0.3, -0.25) is 0 Å². The fourth-order valence-electron chi connectivity index (χ4n) is 9.64. The molecule has 12 aromatic rings. The lowest BCUT2D eigenvalue weighted by Gasteiger charge is -2.29.